The lowest BCUT2D eigenvalue weighted by Crippen LogP contribution is -2.71. The van der Waals surface area contributed by atoms with Crippen molar-refractivity contribution in [1.82, 2.24) is 0 Å². The van der Waals surface area contributed by atoms with Gasteiger partial charge in [0.1, 0.15) is 11.2 Å². The van der Waals surface area contributed by atoms with Crippen LogP contribution in [0.25, 0.3) is 0 Å². The van der Waals surface area contributed by atoms with Crippen molar-refractivity contribution in [3.8, 4) is 0 Å². The van der Waals surface area contributed by atoms with E-state index in [9.17, 15) is 10.2 Å². The second kappa shape index (κ2) is 1.86. The average molecular weight is 172 g/mol. The molecule has 0 aromatic heterocycles. The van der Waals surface area contributed by atoms with Gasteiger partial charge in [-0.15, -0.1) is 0 Å². The van der Waals surface area contributed by atoms with E-state index in [2.05, 4.69) is 0 Å². The lowest BCUT2D eigenvalue weighted by atomic mass is 9.75. The summed E-state index contributed by atoms with van der Waals surface area (Å²) in [6.07, 6.45) is 0.635. The summed E-state index contributed by atoms with van der Waals surface area (Å²) in [7, 11) is 0. The van der Waals surface area contributed by atoms with Crippen LogP contribution in [0.5, 0.6) is 0 Å². The summed E-state index contributed by atoms with van der Waals surface area (Å²) in [6.45, 7) is 5.85. The first-order valence-electron chi connectivity index (χ1n) is 4.42. The Hall–Kier alpha value is -0.120. The predicted octanol–water partition coefficient (Wildman–Crippen LogP) is 0.297. The third-order valence-electron chi connectivity index (χ3n) is 4.06. The second-order valence-corrected chi connectivity index (χ2v) is 4.61. The summed E-state index contributed by atoms with van der Waals surface area (Å²) in [4.78, 5) is 0. The molecular formula is C9H16O3. The van der Waals surface area contributed by atoms with Crippen LogP contribution >= 0.6 is 0 Å². The third kappa shape index (κ3) is 0.605. The maximum Gasteiger partial charge on any atom is 0.125 e. The summed E-state index contributed by atoms with van der Waals surface area (Å²) < 4.78 is 5.33. The van der Waals surface area contributed by atoms with Gasteiger partial charge in [0.15, 0.2) is 0 Å². The molecule has 3 heteroatoms. The highest BCUT2D eigenvalue weighted by molar-refractivity contribution is 5.22. The largest absolute Gasteiger partial charge is 0.387 e. The van der Waals surface area contributed by atoms with E-state index in [0.717, 1.165) is 0 Å². The molecule has 2 rings (SSSR count). The van der Waals surface area contributed by atoms with Gasteiger partial charge in [-0.25, -0.2) is 0 Å². The number of ether oxygens (including phenoxy) is 1. The zero-order chi connectivity index (χ0) is 9.20. The summed E-state index contributed by atoms with van der Waals surface area (Å²) in [6, 6.07) is 0. The van der Waals surface area contributed by atoms with Crippen molar-refractivity contribution in [3.63, 3.8) is 0 Å². The molecular weight excluding hydrogens is 156 g/mol. The first kappa shape index (κ1) is 8.48. The fourth-order valence-corrected chi connectivity index (χ4v) is 2.50. The molecule has 0 bridgehead atoms. The molecule has 1 saturated heterocycles. The van der Waals surface area contributed by atoms with E-state index < -0.39 is 16.8 Å². The van der Waals surface area contributed by atoms with Crippen LogP contribution in [0.3, 0.4) is 0 Å². The van der Waals surface area contributed by atoms with E-state index in [1.807, 2.05) is 6.92 Å². The smallest absolute Gasteiger partial charge is 0.125 e. The molecule has 1 aliphatic heterocycles. The van der Waals surface area contributed by atoms with Crippen molar-refractivity contribution in [3.05, 3.63) is 0 Å². The minimum Gasteiger partial charge on any atom is -0.387 e. The monoisotopic (exact) mass is 172 g/mol. The molecule has 1 heterocycles. The second-order valence-electron chi connectivity index (χ2n) is 4.61. The fraction of sp³-hybridized carbons (Fsp3) is 1.00. The molecule has 0 spiro atoms. The van der Waals surface area contributed by atoms with Crippen LogP contribution in [0, 0.1) is 5.92 Å². The van der Waals surface area contributed by atoms with Crippen LogP contribution in [-0.2, 0) is 4.74 Å². The Morgan fingerprint density at radius 1 is 1.33 bits per heavy atom. The molecule has 3 nitrogen and oxygen atoms in total. The molecule has 2 fully saturated rings. The van der Waals surface area contributed by atoms with E-state index in [-0.39, 0.29) is 5.92 Å². The molecule has 70 valence electrons. The van der Waals surface area contributed by atoms with Gasteiger partial charge < -0.3 is 14.9 Å². The minimum atomic E-state index is -0.903. The highest BCUT2D eigenvalue weighted by Gasteiger charge is 2.72. The zero-order valence-corrected chi connectivity index (χ0v) is 7.79. The Morgan fingerprint density at radius 2 is 1.92 bits per heavy atom. The number of hydrogen-bond acceptors (Lipinski definition) is 3. The van der Waals surface area contributed by atoms with Crippen LogP contribution in [0.4, 0.5) is 0 Å². The normalized spacial score (nSPS) is 64.2. The Labute approximate surface area is 72.3 Å². The first-order chi connectivity index (χ1) is 5.33. The maximum atomic E-state index is 10.1. The van der Waals surface area contributed by atoms with Gasteiger partial charge in [-0.05, 0) is 26.2 Å². The third-order valence-corrected chi connectivity index (χ3v) is 4.06. The summed E-state index contributed by atoms with van der Waals surface area (Å²) >= 11 is 0. The van der Waals surface area contributed by atoms with Gasteiger partial charge in [-0.2, -0.15) is 0 Å². The standard InChI is InChI=1S/C9H16O3/c1-6-4-9(11)5-12-8(9,3)7(6,2)10/h6,10-11H,4-5H2,1-3H3/t6?,7-,8+,9-/m0/s1. The molecule has 0 radical (unpaired) electrons. The van der Waals surface area contributed by atoms with E-state index in [1.54, 1.807) is 13.8 Å². The lowest BCUT2D eigenvalue weighted by Gasteiger charge is -2.54. The van der Waals surface area contributed by atoms with Crippen molar-refractivity contribution < 1.29 is 14.9 Å². The molecule has 1 saturated carbocycles. The van der Waals surface area contributed by atoms with Crippen molar-refractivity contribution in [1.29, 1.82) is 0 Å². The quantitative estimate of drug-likeness (QED) is 0.552. The van der Waals surface area contributed by atoms with Crippen molar-refractivity contribution in [2.45, 2.75) is 44.0 Å². The molecule has 12 heavy (non-hydrogen) atoms. The van der Waals surface area contributed by atoms with Crippen LogP contribution in [-0.4, -0.2) is 33.6 Å². The Balaban J connectivity index is 2.41. The molecule has 1 aliphatic carbocycles. The number of fused-ring (bicyclic) bond motifs is 1. The van der Waals surface area contributed by atoms with Gasteiger partial charge in [0.2, 0.25) is 0 Å². The fourth-order valence-electron chi connectivity index (χ4n) is 2.50. The number of hydrogen-bond donors (Lipinski definition) is 2. The number of rotatable bonds is 0. The SMILES string of the molecule is CC1C[C@]2(O)CO[C@]2(C)[C@@]1(C)O. The van der Waals surface area contributed by atoms with Gasteiger partial charge in [0, 0.05) is 0 Å². The van der Waals surface area contributed by atoms with Crippen LogP contribution in [0.15, 0.2) is 0 Å². The van der Waals surface area contributed by atoms with E-state index in [1.165, 1.54) is 0 Å². The minimum absolute atomic E-state index is 0.0926. The average Bonchev–Trinajstić information content (AvgIpc) is 2.05. The molecule has 0 aromatic carbocycles. The van der Waals surface area contributed by atoms with E-state index in [4.69, 9.17) is 4.74 Å². The van der Waals surface area contributed by atoms with Gasteiger partial charge >= 0.3 is 0 Å². The Bertz CT molecular complexity index is 226. The lowest BCUT2D eigenvalue weighted by molar-refractivity contribution is -0.323. The summed E-state index contributed by atoms with van der Waals surface area (Å²) in [5, 5.41) is 20.1. The molecule has 4 atom stereocenters. The van der Waals surface area contributed by atoms with Crippen molar-refractivity contribution in [2.75, 3.05) is 6.61 Å². The van der Waals surface area contributed by atoms with Gasteiger partial charge in [-0.3, -0.25) is 0 Å². The topological polar surface area (TPSA) is 49.7 Å². The van der Waals surface area contributed by atoms with Gasteiger partial charge in [0.05, 0.1) is 12.2 Å². The molecule has 2 N–H and O–H groups in total. The highest BCUT2D eigenvalue weighted by atomic mass is 16.6. The predicted molar refractivity (Wildman–Crippen MR) is 43.7 cm³/mol. The Kier molecular flexibility index (Phi) is 1.32. The first-order valence-corrected chi connectivity index (χ1v) is 4.42. The van der Waals surface area contributed by atoms with Crippen LogP contribution in [0.1, 0.15) is 27.2 Å². The van der Waals surface area contributed by atoms with Gasteiger partial charge in [-0.1, -0.05) is 6.92 Å². The van der Waals surface area contributed by atoms with Crippen molar-refractivity contribution >= 4 is 0 Å². The van der Waals surface area contributed by atoms with Gasteiger partial charge in [0.25, 0.3) is 0 Å². The van der Waals surface area contributed by atoms with E-state index in [0.29, 0.717) is 13.0 Å². The maximum absolute atomic E-state index is 10.1. The zero-order valence-electron chi connectivity index (χ0n) is 7.79. The van der Waals surface area contributed by atoms with Crippen LogP contribution in [0.2, 0.25) is 0 Å². The molecule has 1 unspecified atom stereocenters. The molecule has 0 amide bonds. The molecule has 0 aromatic rings. The molecule has 2 aliphatic rings. The summed E-state index contributed by atoms with van der Waals surface area (Å²) in [5.74, 6) is 0.0926. The van der Waals surface area contributed by atoms with Crippen LogP contribution < -0.4 is 0 Å². The summed E-state index contributed by atoms with van der Waals surface area (Å²) in [5.41, 5.74) is -2.45. The Morgan fingerprint density at radius 3 is 2.08 bits per heavy atom. The highest BCUT2D eigenvalue weighted by Crippen LogP contribution is 2.57. The number of aliphatic hydroxyl groups is 2. The van der Waals surface area contributed by atoms with E-state index >= 15 is 0 Å². The van der Waals surface area contributed by atoms with Crippen molar-refractivity contribution in [2.24, 2.45) is 5.92 Å².